The average molecular weight is 457 g/mol. The van der Waals surface area contributed by atoms with Crippen LogP contribution in [0.5, 0.6) is 0 Å². The molecule has 5 rings (SSSR count). The number of nitrogens with two attached hydrogens (primary N) is 1. The van der Waals surface area contributed by atoms with Crippen LogP contribution < -0.4 is 16.0 Å². The van der Waals surface area contributed by atoms with Crippen LogP contribution in [0, 0.1) is 5.41 Å². The van der Waals surface area contributed by atoms with Gasteiger partial charge in [0, 0.05) is 30.3 Å². The van der Waals surface area contributed by atoms with E-state index in [0.29, 0.717) is 31.4 Å². The molecule has 3 aromatic rings. The molecule has 6 heteroatoms. The van der Waals surface area contributed by atoms with Gasteiger partial charge in [0.15, 0.2) is 0 Å². The number of carbonyl (C=O) groups excluding carboxylic acids is 1. The quantitative estimate of drug-likeness (QED) is 0.346. The normalized spacial score (nSPS) is 24.1. The second-order valence-corrected chi connectivity index (χ2v) is 10.0. The van der Waals surface area contributed by atoms with E-state index in [1.54, 1.807) is 0 Å². The third-order valence-electron chi connectivity index (χ3n) is 7.43. The molecule has 1 amide bonds. The maximum absolute atomic E-state index is 13.5. The smallest absolute Gasteiger partial charge is 0.243 e. The van der Waals surface area contributed by atoms with Crippen molar-refractivity contribution in [2.24, 2.45) is 5.73 Å². The molecule has 0 bridgehead atoms. The van der Waals surface area contributed by atoms with Crippen LogP contribution in [-0.4, -0.2) is 34.5 Å². The lowest BCUT2D eigenvalue weighted by Crippen LogP contribution is -2.50. The zero-order valence-corrected chi connectivity index (χ0v) is 19.6. The molecule has 1 atom stereocenters. The molecule has 1 aliphatic carbocycles. The van der Waals surface area contributed by atoms with Crippen LogP contribution in [0.1, 0.15) is 49.3 Å². The summed E-state index contributed by atoms with van der Waals surface area (Å²) in [4.78, 5) is 15.7. The van der Waals surface area contributed by atoms with Crippen LogP contribution in [0.2, 0.25) is 0 Å². The van der Waals surface area contributed by atoms with Gasteiger partial charge in [-0.15, -0.1) is 0 Å². The molecule has 1 aliphatic heterocycles. The van der Waals surface area contributed by atoms with Gasteiger partial charge in [0.2, 0.25) is 5.91 Å². The van der Waals surface area contributed by atoms with Gasteiger partial charge in [-0.3, -0.25) is 10.2 Å². The predicted octanol–water partition coefficient (Wildman–Crippen LogP) is 3.86. The van der Waals surface area contributed by atoms with Crippen molar-refractivity contribution in [3.05, 3.63) is 77.4 Å². The van der Waals surface area contributed by atoms with E-state index in [1.165, 1.54) is 10.8 Å². The van der Waals surface area contributed by atoms with Gasteiger partial charge in [-0.05, 0) is 60.6 Å². The molecule has 5 N–H and O–H groups in total. The lowest BCUT2D eigenvalue weighted by atomic mass is 9.83. The SMILES string of the molecule is CC1(O)CCC(NC(=O)C2Cc3ccc(C(=N)N)cc3N2Cc2cccc3ccccc23)CC1. The molecule has 0 radical (unpaired) electrons. The molecule has 0 saturated heterocycles. The van der Waals surface area contributed by atoms with Gasteiger partial charge in [0.05, 0.1) is 5.60 Å². The van der Waals surface area contributed by atoms with Crippen LogP contribution in [-0.2, 0) is 17.8 Å². The van der Waals surface area contributed by atoms with Gasteiger partial charge >= 0.3 is 0 Å². The summed E-state index contributed by atoms with van der Waals surface area (Å²) in [7, 11) is 0. The first-order chi connectivity index (χ1) is 16.3. The number of carbonyl (C=O) groups is 1. The van der Waals surface area contributed by atoms with E-state index < -0.39 is 5.60 Å². The van der Waals surface area contributed by atoms with Gasteiger partial charge < -0.3 is 21.1 Å². The molecule has 1 unspecified atom stereocenters. The number of aliphatic hydroxyl groups is 1. The van der Waals surface area contributed by atoms with Crippen molar-refractivity contribution >= 4 is 28.2 Å². The third kappa shape index (κ3) is 4.38. The Kier molecular flexibility index (Phi) is 5.78. The molecule has 2 aliphatic rings. The van der Waals surface area contributed by atoms with Crippen molar-refractivity contribution in [2.45, 2.75) is 63.3 Å². The highest BCUT2D eigenvalue weighted by Crippen LogP contribution is 2.36. The summed E-state index contributed by atoms with van der Waals surface area (Å²) in [5, 5.41) is 23.8. The number of anilines is 1. The van der Waals surface area contributed by atoms with E-state index in [2.05, 4.69) is 40.5 Å². The van der Waals surface area contributed by atoms with E-state index >= 15 is 0 Å². The Morgan fingerprint density at radius 2 is 1.88 bits per heavy atom. The Labute approximate surface area is 200 Å². The topological polar surface area (TPSA) is 102 Å². The van der Waals surface area contributed by atoms with Gasteiger partial charge in [-0.1, -0.05) is 54.6 Å². The molecule has 0 aromatic heterocycles. The number of hydrogen-bond acceptors (Lipinski definition) is 4. The van der Waals surface area contributed by atoms with E-state index in [-0.39, 0.29) is 23.8 Å². The second-order valence-electron chi connectivity index (χ2n) is 10.0. The van der Waals surface area contributed by atoms with Crippen molar-refractivity contribution < 1.29 is 9.90 Å². The van der Waals surface area contributed by atoms with E-state index in [9.17, 15) is 9.90 Å². The molecule has 0 spiro atoms. The van der Waals surface area contributed by atoms with Crippen LogP contribution in [0.15, 0.2) is 60.7 Å². The van der Waals surface area contributed by atoms with Crippen molar-refractivity contribution in [2.75, 3.05) is 4.90 Å². The largest absolute Gasteiger partial charge is 0.390 e. The minimum Gasteiger partial charge on any atom is -0.390 e. The van der Waals surface area contributed by atoms with Crippen LogP contribution in [0.3, 0.4) is 0 Å². The molecular formula is C28H32N4O2. The number of amides is 1. The summed E-state index contributed by atoms with van der Waals surface area (Å²) in [5.74, 6) is 0.0439. The van der Waals surface area contributed by atoms with Crippen molar-refractivity contribution in [3.8, 4) is 0 Å². The number of fused-ring (bicyclic) bond motifs is 2. The minimum absolute atomic E-state index is 0.0207. The molecule has 176 valence electrons. The maximum atomic E-state index is 13.5. The average Bonchev–Trinajstić information content (AvgIpc) is 3.18. The lowest BCUT2D eigenvalue weighted by molar-refractivity contribution is -0.123. The Morgan fingerprint density at radius 1 is 1.15 bits per heavy atom. The number of nitrogen functional groups attached to an aromatic ring is 1. The van der Waals surface area contributed by atoms with E-state index in [4.69, 9.17) is 11.1 Å². The van der Waals surface area contributed by atoms with Gasteiger partial charge in [0.25, 0.3) is 0 Å². The Balaban J connectivity index is 1.45. The molecule has 1 heterocycles. The molecule has 34 heavy (non-hydrogen) atoms. The molecular weight excluding hydrogens is 424 g/mol. The first-order valence-corrected chi connectivity index (χ1v) is 12.0. The molecule has 1 saturated carbocycles. The van der Waals surface area contributed by atoms with Crippen LogP contribution in [0.25, 0.3) is 10.8 Å². The fourth-order valence-corrected chi connectivity index (χ4v) is 5.38. The predicted molar refractivity (Wildman–Crippen MR) is 136 cm³/mol. The number of nitrogens with one attached hydrogen (secondary N) is 2. The first kappa shape index (κ1) is 22.4. The number of benzene rings is 3. The molecule has 1 fully saturated rings. The van der Waals surface area contributed by atoms with Crippen molar-refractivity contribution in [1.29, 1.82) is 5.41 Å². The van der Waals surface area contributed by atoms with Crippen LogP contribution >= 0.6 is 0 Å². The molecule has 3 aromatic carbocycles. The second kappa shape index (κ2) is 8.76. The van der Waals surface area contributed by atoms with Crippen molar-refractivity contribution in [3.63, 3.8) is 0 Å². The Hall–Kier alpha value is -3.38. The Morgan fingerprint density at radius 3 is 2.65 bits per heavy atom. The number of rotatable bonds is 5. The summed E-state index contributed by atoms with van der Waals surface area (Å²) in [5.41, 5.74) is 9.04. The first-order valence-electron chi connectivity index (χ1n) is 12.0. The van der Waals surface area contributed by atoms with E-state index in [0.717, 1.165) is 29.7 Å². The standard InChI is InChI=1S/C28H32N4O2/c1-28(34)13-11-22(12-14-28)31-27(33)25-15-19-9-10-20(26(29)30)16-24(19)32(25)17-21-7-4-6-18-5-2-3-8-23(18)21/h2-10,16,22,25,34H,11-15,17H2,1H3,(H3,29,30)(H,31,33). The summed E-state index contributed by atoms with van der Waals surface area (Å²) < 4.78 is 0. The summed E-state index contributed by atoms with van der Waals surface area (Å²) in [6, 6.07) is 20.1. The fraction of sp³-hybridized carbons (Fsp3) is 0.357. The van der Waals surface area contributed by atoms with Gasteiger partial charge in [-0.25, -0.2) is 0 Å². The number of amidine groups is 1. The van der Waals surface area contributed by atoms with E-state index in [1.807, 2.05) is 37.3 Å². The minimum atomic E-state index is -0.631. The summed E-state index contributed by atoms with van der Waals surface area (Å²) >= 11 is 0. The highest BCUT2D eigenvalue weighted by Gasteiger charge is 2.37. The maximum Gasteiger partial charge on any atom is 0.243 e. The summed E-state index contributed by atoms with van der Waals surface area (Å²) in [6.07, 6.45) is 3.59. The van der Waals surface area contributed by atoms with Crippen molar-refractivity contribution in [1.82, 2.24) is 5.32 Å². The van der Waals surface area contributed by atoms with Gasteiger partial charge in [0.1, 0.15) is 11.9 Å². The monoisotopic (exact) mass is 456 g/mol. The number of hydrogen-bond donors (Lipinski definition) is 4. The highest BCUT2D eigenvalue weighted by molar-refractivity contribution is 5.97. The van der Waals surface area contributed by atoms with Crippen LogP contribution in [0.4, 0.5) is 5.69 Å². The lowest BCUT2D eigenvalue weighted by Gasteiger charge is -2.35. The highest BCUT2D eigenvalue weighted by atomic mass is 16.3. The number of nitrogens with zero attached hydrogens (tertiary/aromatic N) is 1. The van der Waals surface area contributed by atoms with Gasteiger partial charge in [-0.2, -0.15) is 0 Å². The third-order valence-corrected chi connectivity index (χ3v) is 7.43. The zero-order valence-electron chi connectivity index (χ0n) is 19.6. The fourth-order valence-electron chi connectivity index (χ4n) is 5.38. The summed E-state index contributed by atoms with van der Waals surface area (Å²) in [6.45, 7) is 2.46. The Bertz CT molecular complexity index is 1240. The molecule has 6 nitrogen and oxygen atoms in total. The zero-order chi connectivity index (χ0) is 23.9.